The maximum atomic E-state index is 3.33. The minimum Gasteiger partial charge on any atom is -0.360 e. The molecule has 2 rings (SSSR count). The third-order valence-electron chi connectivity index (χ3n) is 2.23. The molecule has 2 heteroatoms. The van der Waals surface area contributed by atoms with Crippen molar-refractivity contribution in [1.29, 1.82) is 0 Å². The summed E-state index contributed by atoms with van der Waals surface area (Å²) < 4.78 is 1.42. The Bertz CT molecular complexity index is 395. The third-order valence-corrected chi connectivity index (χ3v) is 3.37. The van der Waals surface area contributed by atoms with E-state index in [-0.39, 0.29) is 0 Å². The molecule has 0 saturated heterocycles. The molecule has 2 heterocycles. The van der Waals surface area contributed by atoms with Crippen LogP contribution in [0.25, 0.3) is 10.2 Å². The Labute approximate surface area is 76.4 Å². The first-order chi connectivity index (χ1) is 5.70. The van der Waals surface area contributed by atoms with E-state index in [4.69, 9.17) is 0 Å². The van der Waals surface area contributed by atoms with Gasteiger partial charge in [-0.15, -0.1) is 11.3 Å². The molecule has 0 amide bonds. The lowest BCUT2D eigenvalue weighted by molar-refractivity contribution is 0.878. The van der Waals surface area contributed by atoms with Crippen LogP contribution in [0.5, 0.6) is 0 Å². The van der Waals surface area contributed by atoms with E-state index in [0.717, 1.165) is 0 Å². The van der Waals surface area contributed by atoms with Crippen LogP contribution in [-0.2, 0) is 0 Å². The number of aromatic amines is 1. The molecule has 1 N–H and O–H groups in total. The van der Waals surface area contributed by atoms with Gasteiger partial charge < -0.3 is 4.98 Å². The monoisotopic (exact) mass is 179 g/mol. The summed E-state index contributed by atoms with van der Waals surface area (Å²) in [7, 11) is 0. The zero-order chi connectivity index (χ0) is 8.72. The molecule has 0 radical (unpaired) electrons. The summed E-state index contributed by atoms with van der Waals surface area (Å²) in [6, 6.07) is 0. The molecule has 0 spiro atoms. The van der Waals surface area contributed by atoms with Crippen LogP contribution >= 0.6 is 11.3 Å². The second-order valence-electron chi connectivity index (χ2n) is 3.52. The maximum absolute atomic E-state index is 3.33. The van der Waals surface area contributed by atoms with Gasteiger partial charge in [0.15, 0.2) is 0 Å². The van der Waals surface area contributed by atoms with Gasteiger partial charge in [0.2, 0.25) is 0 Å². The van der Waals surface area contributed by atoms with E-state index in [1.165, 1.54) is 21.3 Å². The number of nitrogens with one attached hydrogen (secondary N) is 1. The van der Waals surface area contributed by atoms with Crippen LogP contribution < -0.4 is 0 Å². The molecule has 1 nitrogen and oxygen atoms in total. The predicted octanol–water partition coefficient (Wildman–Crippen LogP) is 3.66. The van der Waals surface area contributed by atoms with E-state index >= 15 is 0 Å². The molecule has 0 bridgehead atoms. The van der Waals surface area contributed by atoms with Crippen molar-refractivity contribution < 1.29 is 0 Å². The van der Waals surface area contributed by atoms with E-state index in [2.05, 4.69) is 37.3 Å². The molecule has 2 aromatic rings. The Morgan fingerprint density at radius 2 is 2.17 bits per heavy atom. The van der Waals surface area contributed by atoms with Crippen molar-refractivity contribution in [2.75, 3.05) is 0 Å². The summed E-state index contributed by atoms with van der Waals surface area (Å²) in [6.45, 7) is 6.62. The Hall–Kier alpha value is -0.760. The highest BCUT2D eigenvalue weighted by molar-refractivity contribution is 7.17. The summed E-state index contributed by atoms with van der Waals surface area (Å²) in [5, 5.41) is 2.26. The fourth-order valence-corrected chi connectivity index (χ4v) is 2.66. The summed E-state index contributed by atoms with van der Waals surface area (Å²) in [5.41, 5.74) is 4.15. The standard InChI is InChI=1S/C10H13NS/c1-6(2)8-5-12-10-7(3)4-11-9(8)10/h4-6,11H,1-3H3. The average molecular weight is 179 g/mol. The zero-order valence-electron chi connectivity index (χ0n) is 7.64. The van der Waals surface area contributed by atoms with Gasteiger partial charge in [0.05, 0.1) is 10.2 Å². The van der Waals surface area contributed by atoms with E-state index in [0.29, 0.717) is 5.92 Å². The quantitative estimate of drug-likeness (QED) is 0.687. The van der Waals surface area contributed by atoms with Crippen molar-refractivity contribution in [1.82, 2.24) is 4.98 Å². The van der Waals surface area contributed by atoms with Gasteiger partial charge in [-0.05, 0) is 29.3 Å². The van der Waals surface area contributed by atoms with Gasteiger partial charge in [-0.2, -0.15) is 0 Å². The minimum absolute atomic E-state index is 0.622. The number of H-pyrrole nitrogens is 1. The number of thiophene rings is 1. The second kappa shape index (κ2) is 2.63. The molecule has 0 unspecified atom stereocenters. The fourth-order valence-electron chi connectivity index (χ4n) is 1.48. The molecule has 64 valence electrons. The average Bonchev–Trinajstić information content (AvgIpc) is 2.53. The first-order valence-electron chi connectivity index (χ1n) is 4.25. The van der Waals surface area contributed by atoms with Crippen molar-refractivity contribution in [3.05, 3.63) is 22.7 Å². The van der Waals surface area contributed by atoms with E-state index in [1.54, 1.807) is 0 Å². The Balaban J connectivity index is 2.71. The molecular weight excluding hydrogens is 166 g/mol. The molecule has 0 aliphatic carbocycles. The fraction of sp³-hybridized carbons (Fsp3) is 0.400. The highest BCUT2D eigenvalue weighted by Crippen LogP contribution is 2.32. The Kier molecular flexibility index (Phi) is 1.72. The van der Waals surface area contributed by atoms with Crippen LogP contribution in [0.2, 0.25) is 0 Å². The van der Waals surface area contributed by atoms with Crippen molar-refractivity contribution >= 4 is 21.6 Å². The number of aromatic nitrogens is 1. The van der Waals surface area contributed by atoms with Gasteiger partial charge in [-0.3, -0.25) is 0 Å². The molecule has 0 aliphatic heterocycles. The molecule has 0 fully saturated rings. The SMILES string of the molecule is Cc1c[nH]c2c(C(C)C)csc12. The molecule has 0 saturated carbocycles. The van der Waals surface area contributed by atoms with Gasteiger partial charge in [0.25, 0.3) is 0 Å². The van der Waals surface area contributed by atoms with E-state index < -0.39 is 0 Å². The highest BCUT2D eigenvalue weighted by atomic mass is 32.1. The van der Waals surface area contributed by atoms with Gasteiger partial charge in [-0.25, -0.2) is 0 Å². The molecule has 0 aromatic carbocycles. The lowest BCUT2D eigenvalue weighted by Crippen LogP contribution is -1.82. The molecule has 0 aliphatic rings. The van der Waals surface area contributed by atoms with Crippen molar-refractivity contribution in [2.24, 2.45) is 0 Å². The highest BCUT2D eigenvalue weighted by Gasteiger charge is 2.09. The summed E-state index contributed by atoms with van der Waals surface area (Å²) >= 11 is 1.84. The first-order valence-corrected chi connectivity index (χ1v) is 5.13. The van der Waals surface area contributed by atoms with Gasteiger partial charge in [-0.1, -0.05) is 13.8 Å². The normalized spacial score (nSPS) is 11.7. The third kappa shape index (κ3) is 0.985. The largest absolute Gasteiger partial charge is 0.360 e. The first kappa shape index (κ1) is 7.87. The summed E-state index contributed by atoms with van der Waals surface area (Å²) in [4.78, 5) is 3.33. The van der Waals surface area contributed by atoms with Crippen molar-refractivity contribution in [3.63, 3.8) is 0 Å². The Morgan fingerprint density at radius 1 is 1.42 bits per heavy atom. The van der Waals surface area contributed by atoms with Crippen LogP contribution in [-0.4, -0.2) is 4.98 Å². The van der Waals surface area contributed by atoms with Crippen molar-refractivity contribution in [2.45, 2.75) is 26.7 Å². The molecule has 2 aromatic heterocycles. The number of fused-ring (bicyclic) bond motifs is 1. The van der Waals surface area contributed by atoms with Crippen LogP contribution in [0.4, 0.5) is 0 Å². The van der Waals surface area contributed by atoms with Crippen molar-refractivity contribution in [3.8, 4) is 0 Å². The number of aryl methyl sites for hydroxylation is 1. The van der Waals surface area contributed by atoms with Crippen LogP contribution in [0.1, 0.15) is 30.9 Å². The predicted molar refractivity (Wildman–Crippen MR) is 55.0 cm³/mol. The van der Waals surface area contributed by atoms with Crippen LogP contribution in [0.15, 0.2) is 11.6 Å². The minimum atomic E-state index is 0.622. The van der Waals surface area contributed by atoms with Gasteiger partial charge in [0, 0.05) is 6.20 Å². The summed E-state index contributed by atoms with van der Waals surface area (Å²) in [6.07, 6.45) is 2.09. The smallest absolute Gasteiger partial charge is 0.0601 e. The number of hydrogen-bond acceptors (Lipinski definition) is 1. The summed E-state index contributed by atoms with van der Waals surface area (Å²) in [5.74, 6) is 0.622. The molecular formula is C10H13NS. The topological polar surface area (TPSA) is 15.8 Å². The van der Waals surface area contributed by atoms with Crippen LogP contribution in [0, 0.1) is 6.92 Å². The van der Waals surface area contributed by atoms with E-state index in [1.807, 2.05) is 11.3 Å². The number of rotatable bonds is 1. The van der Waals surface area contributed by atoms with E-state index in [9.17, 15) is 0 Å². The number of hydrogen-bond donors (Lipinski definition) is 1. The molecule has 12 heavy (non-hydrogen) atoms. The lowest BCUT2D eigenvalue weighted by atomic mass is 10.1. The van der Waals surface area contributed by atoms with Gasteiger partial charge in [0.1, 0.15) is 0 Å². The zero-order valence-corrected chi connectivity index (χ0v) is 8.46. The molecule has 0 atom stereocenters. The van der Waals surface area contributed by atoms with Crippen LogP contribution in [0.3, 0.4) is 0 Å². The lowest BCUT2D eigenvalue weighted by Gasteiger charge is -1.99. The Morgan fingerprint density at radius 3 is 2.83 bits per heavy atom. The van der Waals surface area contributed by atoms with Gasteiger partial charge >= 0.3 is 0 Å². The maximum Gasteiger partial charge on any atom is 0.0601 e. The second-order valence-corrected chi connectivity index (χ2v) is 4.40.